The van der Waals surface area contributed by atoms with Crippen molar-refractivity contribution in [3.8, 4) is 17.5 Å². The number of aliphatic hydroxyl groups is 1. The van der Waals surface area contributed by atoms with Gasteiger partial charge in [0.2, 0.25) is 0 Å². The topological polar surface area (TPSA) is 165 Å². The van der Waals surface area contributed by atoms with Crippen LogP contribution in [0.15, 0.2) is 36.7 Å². The lowest BCUT2D eigenvalue weighted by Gasteiger charge is -2.36. The van der Waals surface area contributed by atoms with E-state index < -0.39 is 30.1 Å². The van der Waals surface area contributed by atoms with Crippen LogP contribution in [0.1, 0.15) is 42.6 Å². The van der Waals surface area contributed by atoms with Crippen LogP contribution in [-0.4, -0.2) is 67.5 Å². The predicted octanol–water partition coefficient (Wildman–Crippen LogP) is 2.86. The molecule has 0 spiro atoms. The van der Waals surface area contributed by atoms with Crippen LogP contribution in [0.5, 0.6) is 0 Å². The molecule has 0 bridgehead atoms. The minimum Gasteiger partial charge on any atom is -0.465 e. The Hall–Kier alpha value is -4.31. The number of anilines is 1. The number of nitriles is 1. The maximum Gasteiger partial charge on any atom is 0.404 e. The van der Waals surface area contributed by atoms with Crippen LogP contribution in [0.25, 0.3) is 16.9 Å². The molecule has 200 valence electrons. The number of fused-ring (bicyclic) bond motifs is 1. The van der Waals surface area contributed by atoms with Crippen LogP contribution >= 0.6 is 0 Å². The first-order chi connectivity index (χ1) is 17.9. The standard InChI is InChI=1S/C25H27F2N7O4/c1-24(2,38)25(26,27)13-31-22(35)18-12-29-20(21-4-3-17-7-15(9-28)11-32-34(17)21)8-19(18)33-16-5-14(6-16)10-30-23(36)37/h3-4,7-8,11-12,14,16,30,38H,5-6,10,13H2,1-2H3,(H,29,33)(H,31,35)(H,36,37). The molecule has 0 unspecified atom stereocenters. The number of nitrogens with zero attached hydrogens (tertiary/aromatic N) is 4. The third kappa shape index (κ3) is 5.65. The number of halogens is 2. The van der Waals surface area contributed by atoms with Crippen molar-refractivity contribution in [1.82, 2.24) is 25.2 Å². The first-order valence-electron chi connectivity index (χ1n) is 11.9. The summed E-state index contributed by atoms with van der Waals surface area (Å²) in [5.74, 6) is -4.24. The Balaban J connectivity index is 1.60. The summed E-state index contributed by atoms with van der Waals surface area (Å²) < 4.78 is 30.1. The van der Waals surface area contributed by atoms with Crippen molar-refractivity contribution >= 4 is 23.2 Å². The normalized spacial score (nSPS) is 17.4. The van der Waals surface area contributed by atoms with Gasteiger partial charge in [0, 0.05) is 18.8 Å². The summed E-state index contributed by atoms with van der Waals surface area (Å²) in [5, 5.41) is 39.7. The molecule has 0 aliphatic heterocycles. The second-order valence-electron chi connectivity index (χ2n) is 9.84. The molecular weight excluding hydrogens is 500 g/mol. The van der Waals surface area contributed by atoms with E-state index in [-0.39, 0.29) is 17.5 Å². The monoisotopic (exact) mass is 527 g/mol. The van der Waals surface area contributed by atoms with Gasteiger partial charge in [-0.3, -0.25) is 9.78 Å². The number of carbonyl (C=O) groups is 2. The van der Waals surface area contributed by atoms with Crippen LogP contribution in [-0.2, 0) is 0 Å². The molecule has 11 nitrogen and oxygen atoms in total. The molecule has 13 heteroatoms. The fourth-order valence-corrected chi connectivity index (χ4v) is 4.12. The number of aromatic nitrogens is 3. The number of pyridine rings is 1. The van der Waals surface area contributed by atoms with Gasteiger partial charge in [0.15, 0.2) is 0 Å². The van der Waals surface area contributed by atoms with E-state index in [0.717, 1.165) is 13.8 Å². The zero-order valence-electron chi connectivity index (χ0n) is 20.7. The van der Waals surface area contributed by atoms with Crippen molar-refractivity contribution in [3.63, 3.8) is 0 Å². The van der Waals surface area contributed by atoms with E-state index in [1.54, 1.807) is 28.8 Å². The molecule has 0 radical (unpaired) electrons. The number of carboxylic acid groups (broad SMARTS) is 1. The average Bonchev–Trinajstić information content (AvgIpc) is 3.26. The van der Waals surface area contributed by atoms with Crippen LogP contribution in [0.3, 0.4) is 0 Å². The van der Waals surface area contributed by atoms with E-state index in [9.17, 15) is 23.5 Å². The lowest BCUT2D eigenvalue weighted by Crippen LogP contribution is -2.50. The summed E-state index contributed by atoms with van der Waals surface area (Å²) in [4.78, 5) is 28.0. The first-order valence-corrected chi connectivity index (χ1v) is 11.9. The van der Waals surface area contributed by atoms with E-state index in [2.05, 4.69) is 26.0 Å². The van der Waals surface area contributed by atoms with Gasteiger partial charge in [0.05, 0.1) is 46.5 Å². The number of alkyl halides is 2. The van der Waals surface area contributed by atoms with Gasteiger partial charge in [-0.25, -0.2) is 18.1 Å². The molecule has 5 N–H and O–H groups in total. The van der Waals surface area contributed by atoms with Gasteiger partial charge in [-0.1, -0.05) is 0 Å². The van der Waals surface area contributed by atoms with Crippen molar-refractivity contribution in [2.75, 3.05) is 18.4 Å². The molecule has 3 heterocycles. The second kappa shape index (κ2) is 10.2. The molecule has 2 amide bonds. The molecule has 3 aromatic heterocycles. The van der Waals surface area contributed by atoms with E-state index in [1.807, 2.05) is 6.07 Å². The molecular formula is C25H27F2N7O4. The quantitative estimate of drug-likeness (QED) is 0.283. The fraction of sp³-hybridized carbons (Fsp3) is 0.400. The molecule has 3 aromatic rings. The smallest absolute Gasteiger partial charge is 0.404 e. The highest BCUT2D eigenvalue weighted by Crippen LogP contribution is 2.33. The van der Waals surface area contributed by atoms with Crippen molar-refractivity contribution in [2.45, 2.75) is 44.3 Å². The lowest BCUT2D eigenvalue weighted by atomic mass is 9.80. The van der Waals surface area contributed by atoms with Gasteiger partial charge >= 0.3 is 6.09 Å². The molecule has 0 aromatic carbocycles. The molecule has 1 saturated carbocycles. The van der Waals surface area contributed by atoms with Crippen LogP contribution in [0.4, 0.5) is 19.3 Å². The number of amides is 2. The Morgan fingerprint density at radius 3 is 2.61 bits per heavy atom. The third-order valence-corrected chi connectivity index (χ3v) is 6.54. The molecule has 1 aliphatic carbocycles. The number of carbonyl (C=O) groups excluding carboxylic acids is 1. The Morgan fingerprint density at radius 2 is 1.95 bits per heavy atom. The van der Waals surface area contributed by atoms with Crippen LogP contribution in [0, 0.1) is 17.2 Å². The second-order valence-corrected chi connectivity index (χ2v) is 9.84. The average molecular weight is 528 g/mol. The largest absolute Gasteiger partial charge is 0.465 e. The Bertz CT molecular complexity index is 1400. The number of hydrogen-bond donors (Lipinski definition) is 5. The SMILES string of the molecule is CC(C)(O)C(F)(F)CNC(=O)c1cnc(-c2ccc3cc(C#N)cnn23)cc1NC1CC(CNC(=O)O)C1. The number of hydrogen-bond acceptors (Lipinski definition) is 7. The zero-order valence-corrected chi connectivity index (χ0v) is 20.7. The maximum absolute atomic E-state index is 14.2. The Kier molecular flexibility index (Phi) is 7.19. The maximum atomic E-state index is 14.2. The van der Waals surface area contributed by atoms with Gasteiger partial charge in [-0.2, -0.15) is 10.4 Å². The van der Waals surface area contributed by atoms with Gasteiger partial charge < -0.3 is 26.2 Å². The summed E-state index contributed by atoms with van der Waals surface area (Å²) in [7, 11) is 0. The molecule has 1 aliphatic rings. The minimum absolute atomic E-state index is 0.0352. The molecule has 4 rings (SSSR count). The van der Waals surface area contributed by atoms with Crippen molar-refractivity contribution in [1.29, 1.82) is 5.26 Å². The van der Waals surface area contributed by atoms with Gasteiger partial charge in [-0.15, -0.1) is 0 Å². The van der Waals surface area contributed by atoms with Crippen molar-refractivity contribution in [2.24, 2.45) is 5.92 Å². The van der Waals surface area contributed by atoms with E-state index in [4.69, 9.17) is 10.4 Å². The first kappa shape index (κ1) is 26.7. The van der Waals surface area contributed by atoms with Crippen LogP contribution in [0.2, 0.25) is 0 Å². The summed E-state index contributed by atoms with van der Waals surface area (Å²) in [5.41, 5.74) is 0.160. The summed E-state index contributed by atoms with van der Waals surface area (Å²) >= 11 is 0. The van der Waals surface area contributed by atoms with Gasteiger partial charge in [0.1, 0.15) is 11.7 Å². The molecule has 0 saturated heterocycles. The Morgan fingerprint density at radius 1 is 1.21 bits per heavy atom. The highest BCUT2D eigenvalue weighted by atomic mass is 19.3. The van der Waals surface area contributed by atoms with Gasteiger partial charge in [-0.05, 0) is 56.9 Å². The summed E-state index contributed by atoms with van der Waals surface area (Å²) in [6.07, 6.45) is 2.88. The van der Waals surface area contributed by atoms with Crippen LogP contribution < -0.4 is 16.0 Å². The number of rotatable bonds is 9. The molecule has 1 fully saturated rings. The molecule has 38 heavy (non-hydrogen) atoms. The van der Waals surface area contributed by atoms with Gasteiger partial charge in [0.25, 0.3) is 11.8 Å². The van der Waals surface area contributed by atoms with Crippen molar-refractivity contribution < 1.29 is 28.6 Å². The summed E-state index contributed by atoms with van der Waals surface area (Å²) in [6, 6.07) is 8.77. The lowest BCUT2D eigenvalue weighted by molar-refractivity contribution is -0.156. The fourth-order valence-electron chi connectivity index (χ4n) is 4.12. The van der Waals surface area contributed by atoms with E-state index in [0.29, 0.717) is 47.5 Å². The van der Waals surface area contributed by atoms with E-state index >= 15 is 0 Å². The highest BCUT2D eigenvalue weighted by molar-refractivity contribution is 6.00. The van der Waals surface area contributed by atoms with E-state index in [1.165, 1.54) is 12.4 Å². The highest BCUT2D eigenvalue weighted by Gasteiger charge is 2.45. The third-order valence-electron chi connectivity index (χ3n) is 6.54. The van der Waals surface area contributed by atoms with Crippen molar-refractivity contribution in [3.05, 3.63) is 47.8 Å². The predicted molar refractivity (Wildman–Crippen MR) is 133 cm³/mol. The minimum atomic E-state index is -3.57. The summed E-state index contributed by atoms with van der Waals surface area (Å²) in [6.45, 7) is 1.16. The number of nitrogens with one attached hydrogen (secondary N) is 3. The zero-order chi connectivity index (χ0) is 27.7. The molecule has 0 atom stereocenters. The Labute approximate surface area is 216 Å².